The van der Waals surface area contributed by atoms with Gasteiger partial charge in [0.25, 0.3) is 0 Å². The molecule has 22 heavy (non-hydrogen) atoms. The van der Waals surface area contributed by atoms with Crippen LogP contribution in [0.15, 0.2) is 18.2 Å². The smallest absolute Gasteiger partial charge is 0.317 e. The quantitative estimate of drug-likeness (QED) is 0.924. The maximum atomic E-state index is 13.7. The van der Waals surface area contributed by atoms with Crippen molar-refractivity contribution < 1.29 is 13.9 Å². The van der Waals surface area contributed by atoms with Crippen LogP contribution in [-0.2, 0) is 6.54 Å². The van der Waals surface area contributed by atoms with E-state index in [1.165, 1.54) is 26.0 Å². The Bertz CT molecular complexity index is 513. The first-order valence-corrected chi connectivity index (χ1v) is 7.83. The number of amides is 2. The molecule has 0 spiro atoms. The zero-order chi connectivity index (χ0) is 16.1. The SMILES string of the molecule is COc1ccc(CN(C)C(=O)NC2CCC(C)CC2)cc1F. The van der Waals surface area contributed by atoms with Crippen molar-refractivity contribution in [1.82, 2.24) is 10.2 Å². The van der Waals surface area contributed by atoms with Crippen molar-refractivity contribution in [2.45, 2.75) is 45.2 Å². The Morgan fingerprint density at radius 3 is 2.64 bits per heavy atom. The Kier molecular flexibility index (Phi) is 5.63. The fraction of sp³-hybridized carbons (Fsp3) is 0.588. The van der Waals surface area contributed by atoms with Crippen molar-refractivity contribution in [2.24, 2.45) is 5.92 Å². The van der Waals surface area contributed by atoms with Crippen LogP contribution in [0.5, 0.6) is 5.75 Å². The second-order valence-electron chi connectivity index (χ2n) is 6.23. The monoisotopic (exact) mass is 308 g/mol. The van der Waals surface area contributed by atoms with E-state index in [1.54, 1.807) is 24.1 Å². The zero-order valence-corrected chi connectivity index (χ0v) is 13.6. The summed E-state index contributed by atoms with van der Waals surface area (Å²) in [5.41, 5.74) is 0.744. The molecule has 1 aromatic carbocycles. The van der Waals surface area contributed by atoms with Crippen molar-refractivity contribution in [1.29, 1.82) is 0 Å². The number of hydrogen-bond acceptors (Lipinski definition) is 2. The molecule has 2 rings (SSSR count). The number of carbonyl (C=O) groups is 1. The standard InChI is InChI=1S/C17H25FN2O2/c1-12-4-7-14(8-5-12)19-17(21)20(2)11-13-6-9-16(22-3)15(18)10-13/h6,9-10,12,14H,4-5,7-8,11H2,1-3H3,(H,19,21). The van der Waals surface area contributed by atoms with Gasteiger partial charge in [-0.1, -0.05) is 13.0 Å². The highest BCUT2D eigenvalue weighted by Crippen LogP contribution is 2.23. The predicted molar refractivity (Wildman–Crippen MR) is 84.4 cm³/mol. The van der Waals surface area contributed by atoms with Crippen molar-refractivity contribution in [3.8, 4) is 5.75 Å². The fourth-order valence-corrected chi connectivity index (χ4v) is 2.84. The van der Waals surface area contributed by atoms with Crippen LogP contribution in [0.4, 0.5) is 9.18 Å². The lowest BCUT2D eigenvalue weighted by molar-refractivity contribution is 0.195. The van der Waals surface area contributed by atoms with Crippen molar-refractivity contribution in [3.05, 3.63) is 29.6 Å². The third-order valence-electron chi connectivity index (χ3n) is 4.33. The zero-order valence-electron chi connectivity index (χ0n) is 13.6. The summed E-state index contributed by atoms with van der Waals surface area (Å²) < 4.78 is 18.6. The van der Waals surface area contributed by atoms with Crippen LogP contribution in [0.2, 0.25) is 0 Å². The molecule has 0 unspecified atom stereocenters. The number of methoxy groups -OCH3 is 1. The summed E-state index contributed by atoms with van der Waals surface area (Å²) in [5, 5.41) is 3.07. The highest BCUT2D eigenvalue weighted by atomic mass is 19.1. The van der Waals surface area contributed by atoms with Crippen LogP contribution in [0, 0.1) is 11.7 Å². The van der Waals surface area contributed by atoms with Gasteiger partial charge in [-0.15, -0.1) is 0 Å². The van der Waals surface area contributed by atoms with Crippen molar-refractivity contribution in [2.75, 3.05) is 14.2 Å². The van der Waals surface area contributed by atoms with Gasteiger partial charge in [0.15, 0.2) is 11.6 Å². The van der Waals surface area contributed by atoms with E-state index < -0.39 is 5.82 Å². The Hall–Kier alpha value is -1.78. The van der Waals surface area contributed by atoms with Crippen LogP contribution in [0.1, 0.15) is 38.2 Å². The van der Waals surface area contributed by atoms with Gasteiger partial charge in [-0.25, -0.2) is 9.18 Å². The molecule has 0 aliphatic heterocycles. The molecule has 4 nitrogen and oxygen atoms in total. The van der Waals surface area contributed by atoms with Gasteiger partial charge in [0.1, 0.15) is 0 Å². The Balaban J connectivity index is 1.87. The molecule has 5 heteroatoms. The molecule has 0 saturated heterocycles. The third-order valence-corrected chi connectivity index (χ3v) is 4.33. The highest BCUT2D eigenvalue weighted by molar-refractivity contribution is 5.74. The van der Waals surface area contributed by atoms with Gasteiger partial charge in [-0.05, 0) is 49.3 Å². The topological polar surface area (TPSA) is 41.6 Å². The average molecular weight is 308 g/mol. The van der Waals surface area contributed by atoms with Gasteiger partial charge < -0.3 is 15.0 Å². The molecule has 0 radical (unpaired) electrons. The first-order chi connectivity index (χ1) is 10.5. The second kappa shape index (κ2) is 7.47. The number of nitrogens with one attached hydrogen (secondary N) is 1. The summed E-state index contributed by atoms with van der Waals surface area (Å²) in [7, 11) is 3.16. The van der Waals surface area contributed by atoms with Gasteiger partial charge in [0.05, 0.1) is 7.11 Å². The van der Waals surface area contributed by atoms with E-state index in [-0.39, 0.29) is 17.8 Å². The first kappa shape index (κ1) is 16.6. The van der Waals surface area contributed by atoms with E-state index in [0.717, 1.165) is 24.3 Å². The molecule has 0 atom stereocenters. The molecular weight excluding hydrogens is 283 g/mol. The molecule has 2 amide bonds. The van der Waals surface area contributed by atoms with Gasteiger partial charge in [0, 0.05) is 19.6 Å². The summed E-state index contributed by atoms with van der Waals surface area (Å²) in [6.45, 7) is 2.62. The highest BCUT2D eigenvalue weighted by Gasteiger charge is 2.21. The molecule has 1 aliphatic rings. The number of benzene rings is 1. The molecule has 1 aromatic rings. The molecule has 122 valence electrons. The van der Waals surface area contributed by atoms with Crippen LogP contribution in [0.25, 0.3) is 0 Å². The minimum atomic E-state index is -0.407. The molecular formula is C17H25FN2O2. The van der Waals surface area contributed by atoms with Crippen LogP contribution >= 0.6 is 0 Å². The maximum Gasteiger partial charge on any atom is 0.317 e. The Morgan fingerprint density at radius 2 is 2.05 bits per heavy atom. The Labute approximate surface area is 131 Å². The number of carbonyl (C=O) groups excluding carboxylic acids is 1. The van der Waals surface area contributed by atoms with Crippen molar-refractivity contribution in [3.63, 3.8) is 0 Å². The van der Waals surface area contributed by atoms with E-state index in [0.29, 0.717) is 6.54 Å². The number of nitrogens with zero attached hydrogens (tertiary/aromatic N) is 1. The van der Waals surface area contributed by atoms with Gasteiger partial charge in [0.2, 0.25) is 0 Å². The number of ether oxygens (including phenoxy) is 1. The number of rotatable bonds is 4. The normalized spacial score (nSPS) is 21.3. The van der Waals surface area contributed by atoms with Gasteiger partial charge >= 0.3 is 6.03 Å². The lowest BCUT2D eigenvalue weighted by Gasteiger charge is -2.29. The molecule has 0 heterocycles. The van der Waals surface area contributed by atoms with Crippen LogP contribution in [-0.4, -0.2) is 31.1 Å². The van der Waals surface area contributed by atoms with E-state index in [9.17, 15) is 9.18 Å². The predicted octanol–water partition coefficient (Wildman–Crippen LogP) is 3.55. The minimum Gasteiger partial charge on any atom is -0.494 e. The van der Waals surface area contributed by atoms with Crippen LogP contribution in [0.3, 0.4) is 0 Å². The third kappa shape index (κ3) is 4.36. The van der Waals surface area contributed by atoms with E-state index in [1.807, 2.05) is 0 Å². The molecule has 1 saturated carbocycles. The molecule has 1 N–H and O–H groups in total. The van der Waals surface area contributed by atoms with E-state index in [2.05, 4.69) is 12.2 Å². The Morgan fingerprint density at radius 1 is 1.36 bits per heavy atom. The summed E-state index contributed by atoms with van der Waals surface area (Å²) >= 11 is 0. The average Bonchev–Trinajstić information content (AvgIpc) is 2.49. The fourth-order valence-electron chi connectivity index (χ4n) is 2.84. The van der Waals surface area contributed by atoms with Gasteiger partial charge in [-0.3, -0.25) is 0 Å². The molecule has 1 fully saturated rings. The minimum absolute atomic E-state index is 0.101. The lowest BCUT2D eigenvalue weighted by atomic mass is 9.87. The second-order valence-corrected chi connectivity index (χ2v) is 6.23. The summed E-state index contributed by atoms with van der Waals surface area (Å²) in [4.78, 5) is 13.8. The maximum absolute atomic E-state index is 13.7. The largest absolute Gasteiger partial charge is 0.494 e. The number of hydrogen-bond donors (Lipinski definition) is 1. The van der Waals surface area contributed by atoms with E-state index in [4.69, 9.17) is 4.74 Å². The molecule has 0 bridgehead atoms. The molecule has 1 aliphatic carbocycles. The molecule has 0 aromatic heterocycles. The summed E-state index contributed by atoms with van der Waals surface area (Å²) in [6, 6.07) is 4.92. The van der Waals surface area contributed by atoms with Crippen LogP contribution < -0.4 is 10.1 Å². The lowest BCUT2D eigenvalue weighted by Crippen LogP contribution is -2.44. The van der Waals surface area contributed by atoms with Gasteiger partial charge in [-0.2, -0.15) is 0 Å². The summed E-state index contributed by atoms with van der Waals surface area (Å²) in [6.07, 6.45) is 4.41. The van der Waals surface area contributed by atoms with Crippen molar-refractivity contribution >= 4 is 6.03 Å². The number of urea groups is 1. The number of halogens is 1. The first-order valence-electron chi connectivity index (χ1n) is 7.83. The summed E-state index contributed by atoms with van der Waals surface area (Å²) in [5.74, 6) is 0.565. The van der Waals surface area contributed by atoms with E-state index >= 15 is 0 Å².